The molecular formula is C15H16FN3O2S. The summed E-state index contributed by atoms with van der Waals surface area (Å²) in [6.07, 6.45) is 1.78. The first-order valence-electron chi connectivity index (χ1n) is 7.03. The van der Waals surface area contributed by atoms with Crippen LogP contribution in [0, 0.1) is 5.82 Å². The van der Waals surface area contributed by atoms with Crippen LogP contribution in [0.5, 0.6) is 5.75 Å². The van der Waals surface area contributed by atoms with Crippen LogP contribution in [0.2, 0.25) is 0 Å². The van der Waals surface area contributed by atoms with Crippen LogP contribution in [0.4, 0.5) is 9.52 Å². The first-order valence-corrected chi connectivity index (χ1v) is 7.91. The lowest BCUT2D eigenvalue weighted by atomic mass is 10.3. The summed E-state index contributed by atoms with van der Waals surface area (Å²) in [4.78, 5) is 20.3. The second kappa shape index (κ2) is 6.74. The molecule has 0 N–H and O–H groups in total. The Hall–Kier alpha value is -2.15. The van der Waals surface area contributed by atoms with Crippen LogP contribution in [0.3, 0.4) is 0 Å². The van der Waals surface area contributed by atoms with E-state index in [4.69, 9.17) is 4.74 Å². The number of para-hydroxylation sites is 1. The van der Waals surface area contributed by atoms with Gasteiger partial charge in [0.05, 0.1) is 0 Å². The molecule has 1 saturated heterocycles. The summed E-state index contributed by atoms with van der Waals surface area (Å²) in [5.74, 6) is -0.469. The van der Waals surface area contributed by atoms with Crippen molar-refractivity contribution in [2.75, 3.05) is 37.7 Å². The van der Waals surface area contributed by atoms with Gasteiger partial charge in [-0.05, 0) is 12.1 Å². The van der Waals surface area contributed by atoms with E-state index >= 15 is 0 Å². The van der Waals surface area contributed by atoms with E-state index in [9.17, 15) is 9.18 Å². The third-order valence-electron chi connectivity index (χ3n) is 3.51. The zero-order valence-electron chi connectivity index (χ0n) is 11.9. The third kappa shape index (κ3) is 3.36. The number of piperazine rings is 1. The van der Waals surface area contributed by atoms with E-state index < -0.39 is 5.82 Å². The Balaban J connectivity index is 1.49. The SMILES string of the molecule is O=C(COc1ccccc1F)N1CCN(c2nccs2)CC1. The molecule has 1 aliphatic rings. The molecular weight excluding hydrogens is 305 g/mol. The molecule has 5 nitrogen and oxygen atoms in total. The molecule has 0 spiro atoms. The minimum Gasteiger partial charge on any atom is -0.481 e. The lowest BCUT2D eigenvalue weighted by Crippen LogP contribution is -2.50. The van der Waals surface area contributed by atoms with Gasteiger partial charge in [-0.25, -0.2) is 9.37 Å². The van der Waals surface area contributed by atoms with Gasteiger partial charge in [0.2, 0.25) is 0 Å². The van der Waals surface area contributed by atoms with Crippen LogP contribution < -0.4 is 9.64 Å². The minimum absolute atomic E-state index is 0.109. The van der Waals surface area contributed by atoms with Crippen LogP contribution in [-0.2, 0) is 4.79 Å². The maximum Gasteiger partial charge on any atom is 0.260 e. The average molecular weight is 321 g/mol. The summed E-state index contributed by atoms with van der Waals surface area (Å²) in [6.45, 7) is 2.61. The number of hydrogen-bond acceptors (Lipinski definition) is 5. The fourth-order valence-corrected chi connectivity index (χ4v) is 3.01. The highest BCUT2D eigenvalue weighted by atomic mass is 32.1. The van der Waals surface area contributed by atoms with Gasteiger partial charge in [-0.1, -0.05) is 12.1 Å². The Bertz CT molecular complexity index is 627. The molecule has 2 aromatic rings. The van der Waals surface area contributed by atoms with E-state index in [0.717, 1.165) is 18.2 Å². The summed E-state index contributed by atoms with van der Waals surface area (Å²) >= 11 is 1.59. The number of ether oxygens (including phenoxy) is 1. The van der Waals surface area contributed by atoms with Crippen molar-refractivity contribution in [3.63, 3.8) is 0 Å². The summed E-state index contributed by atoms with van der Waals surface area (Å²) < 4.78 is 18.7. The van der Waals surface area contributed by atoms with Crippen molar-refractivity contribution in [2.45, 2.75) is 0 Å². The number of anilines is 1. The molecule has 22 heavy (non-hydrogen) atoms. The average Bonchev–Trinajstić information content (AvgIpc) is 3.08. The predicted molar refractivity (Wildman–Crippen MR) is 82.8 cm³/mol. The Morgan fingerprint density at radius 1 is 1.27 bits per heavy atom. The molecule has 1 fully saturated rings. The largest absolute Gasteiger partial charge is 0.481 e. The van der Waals surface area contributed by atoms with Crippen molar-refractivity contribution in [2.24, 2.45) is 0 Å². The number of rotatable bonds is 4. The molecule has 1 amide bonds. The van der Waals surface area contributed by atoms with Gasteiger partial charge in [-0.2, -0.15) is 0 Å². The van der Waals surface area contributed by atoms with Crippen LogP contribution >= 0.6 is 11.3 Å². The van der Waals surface area contributed by atoms with Crippen molar-refractivity contribution in [3.8, 4) is 5.75 Å². The second-order valence-corrected chi connectivity index (χ2v) is 5.77. The molecule has 0 aliphatic carbocycles. The van der Waals surface area contributed by atoms with E-state index in [1.165, 1.54) is 12.1 Å². The van der Waals surface area contributed by atoms with Gasteiger partial charge in [0.25, 0.3) is 5.91 Å². The number of aromatic nitrogens is 1. The number of hydrogen-bond donors (Lipinski definition) is 0. The van der Waals surface area contributed by atoms with Crippen molar-refractivity contribution >= 4 is 22.4 Å². The molecule has 1 aromatic carbocycles. The Labute approximate surface area is 131 Å². The summed E-state index contributed by atoms with van der Waals surface area (Å²) in [6, 6.07) is 6.09. The zero-order valence-corrected chi connectivity index (χ0v) is 12.8. The second-order valence-electron chi connectivity index (χ2n) is 4.90. The summed E-state index contributed by atoms with van der Waals surface area (Å²) in [5, 5.41) is 2.92. The van der Waals surface area contributed by atoms with E-state index in [1.807, 2.05) is 5.38 Å². The van der Waals surface area contributed by atoms with Gasteiger partial charge >= 0.3 is 0 Å². The minimum atomic E-state index is -0.455. The Morgan fingerprint density at radius 3 is 2.73 bits per heavy atom. The summed E-state index contributed by atoms with van der Waals surface area (Å²) in [7, 11) is 0. The predicted octanol–water partition coefficient (Wildman–Crippen LogP) is 2.01. The van der Waals surface area contributed by atoms with Gasteiger partial charge < -0.3 is 14.5 Å². The fourth-order valence-electron chi connectivity index (χ4n) is 2.31. The molecule has 1 aromatic heterocycles. The van der Waals surface area contributed by atoms with Gasteiger partial charge in [0.1, 0.15) is 0 Å². The number of amides is 1. The van der Waals surface area contributed by atoms with Crippen LogP contribution in [0.25, 0.3) is 0 Å². The van der Waals surface area contributed by atoms with Crippen LogP contribution in [0.1, 0.15) is 0 Å². The van der Waals surface area contributed by atoms with E-state index in [0.29, 0.717) is 13.1 Å². The Kier molecular flexibility index (Phi) is 4.53. The van der Waals surface area contributed by atoms with Gasteiger partial charge in [-0.3, -0.25) is 4.79 Å². The molecule has 3 rings (SSSR count). The molecule has 0 atom stereocenters. The third-order valence-corrected chi connectivity index (χ3v) is 4.34. The highest BCUT2D eigenvalue weighted by Gasteiger charge is 2.22. The molecule has 0 saturated carbocycles. The number of nitrogens with zero attached hydrogens (tertiary/aromatic N) is 3. The van der Waals surface area contributed by atoms with Gasteiger partial charge in [0, 0.05) is 37.8 Å². The smallest absolute Gasteiger partial charge is 0.260 e. The molecule has 1 aliphatic heterocycles. The summed E-state index contributed by atoms with van der Waals surface area (Å²) in [5.41, 5.74) is 0. The molecule has 0 radical (unpaired) electrons. The molecule has 116 valence electrons. The molecule has 0 unspecified atom stereocenters. The van der Waals surface area contributed by atoms with Gasteiger partial charge in [0.15, 0.2) is 23.3 Å². The lowest BCUT2D eigenvalue weighted by Gasteiger charge is -2.34. The van der Waals surface area contributed by atoms with E-state index in [2.05, 4.69) is 9.88 Å². The highest BCUT2D eigenvalue weighted by Crippen LogP contribution is 2.19. The molecule has 0 bridgehead atoms. The first-order chi connectivity index (χ1) is 10.7. The van der Waals surface area contributed by atoms with Crippen LogP contribution in [-0.4, -0.2) is 48.6 Å². The first kappa shape index (κ1) is 14.8. The van der Waals surface area contributed by atoms with Gasteiger partial charge in [-0.15, -0.1) is 11.3 Å². The zero-order chi connectivity index (χ0) is 15.4. The van der Waals surface area contributed by atoms with Crippen molar-refractivity contribution in [3.05, 3.63) is 41.7 Å². The van der Waals surface area contributed by atoms with Crippen molar-refractivity contribution in [1.82, 2.24) is 9.88 Å². The molecule has 7 heteroatoms. The van der Waals surface area contributed by atoms with E-state index in [1.54, 1.807) is 34.6 Å². The Morgan fingerprint density at radius 2 is 2.05 bits per heavy atom. The van der Waals surface area contributed by atoms with Crippen molar-refractivity contribution in [1.29, 1.82) is 0 Å². The number of benzene rings is 1. The lowest BCUT2D eigenvalue weighted by molar-refractivity contribution is -0.133. The monoisotopic (exact) mass is 321 g/mol. The number of carbonyl (C=O) groups is 1. The topological polar surface area (TPSA) is 45.7 Å². The maximum absolute atomic E-state index is 13.4. The number of thiazole rings is 1. The normalized spacial score (nSPS) is 15.0. The standard InChI is InChI=1S/C15H16FN3O2S/c16-12-3-1-2-4-13(12)21-11-14(20)18-6-8-19(9-7-18)15-17-5-10-22-15/h1-5,10H,6-9,11H2. The number of carbonyl (C=O) groups excluding carboxylic acids is 1. The maximum atomic E-state index is 13.4. The van der Waals surface area contributed by atoms with Crippen LogP contribution in [0.15, 0.2) is 35.8 Å². The fraction of sp³-hybridized carbons (Fsp3) is 0.333. The van der Waals surface area contributed by atoms with Crippen molar-refractivity contribution < 1.29 is 13.9 Å². The van der Waals surface area contributed by atoms with E-state index in [-0.39, 0.29) is 18.3 Å². The quantitative estimate of drug-likeness (QED) is 0.864. The molecule has 2 heterocycles. The number of halogens is 1. The highest BCUT2D eigenvalue weighted by molar-refractivity contribution is 7.13.